The lowest BCUT2D eigenvalue weighted by molar-refractivity contribution is 0.0697. The number of hydrogen-bond donors (Lipinski definition) is 2. The van der Waals surface area contributed by atoms with E-state index in [4.69, 9.17) is 5.11 Å². The molecule has 2 N–H and O–H groups in total. The van der Waals surface area contributed by atoms with Crippen LogP contribution in [0, 0.1) is 0 Å². The van der Waals surface area contributed by atoms with Crippen LogP contribution in [0.25, 0.3) is 0 Å². The Morgan fingerprint density at radius 3 is 2.33 bits per heavy atom. The second-order valence-electron chi connectivity index (χ2n) is 5.52. The van der Waals surface area contributed by atoms with Crippen molar-refractivity contribution in [1.29, 1.82) is 0 Å². The van der Waals surface area contributed by atoms with E-state index in [0.29, 0.717) is 5.69 Å². The Morgan fingerprint density at radius 2 is 1.71 bits per heavy atom. The highest BCUT2D eigenvalue weighted by atomic mass is 32.2. The molecule has 0 saturated carbocycles. The van der Waals surface area contributed by atoms with Crippen molar-refractivity contribution in [2.24, 2.45) is 0 Å². The number of sulfonamides is 1. The molecule has 2 aromatic carbocycles. The van der Waals surface area contributed by atoms with Crippen LogP contribution in [0.15, 0.2) is 48.5 Å². The maximum atomic E-state index is 11.7. The van der Waals surface area contributed by atoms with E-state index in [1.54, 1.807) is 25.1 Å². The number of aromatic carboxylic acids is 1. The molecule has 0 radical (unpaired) electrons. The highest BCUT2D eigenvalue weighted by molar-refractivity contribution is 7.92. The van der Waals surface area contributed by atoms with Crippen molar-refractivity contribution in [3.05, 3.63) is 65.2 Å². The van der Waals surface area contributed by atoms with Gasteiger partial charge >= 0.3 is 5.97 Å². The number of aryl methyl sites for hydroxylation is 2. The van der Waals surface area contributed by atoms with Gasteiger partial charge in [-0.25, -0.2) is 13.2 Å². The summed E-state index contributed by atoms with van der Waals surface area (Å²) in [6.45, 7) is 1.60. The van der Waals surface area contributed by atoms with Crippen LogP contribution in [0.5, 0.6) is 0 Å². The normalized spacial score (nSPS) is 11.2. The fraction of sp³-hybridized carbons (Fsp3) is 0.278. The molecule has 6 heteroatoms. The summed E-state index contributed by atoms with van der Waals surface area (Å²) in [6.07, 6.45) is 2.38. The third kappa shape index (κ3) is 5.09. The van der Waals surface area contributed by atoms with E-state index in [2.05, 4.69) is 4.72 Å². The highest BCUT2D eigenvalue weighted by Gasteiger charge is 2.10. The van der Waals surface area contributed by atoms with E-state index in [0.717, 1.165) is 30.4 Å². The molecule has 0 spiro atoms. The molecular formula is C18H21NO4S. The predicted molar refractivity (Wildman–Crippen MR) is 95.0 cm³/mol. The topological polar surface area (TPSA) is 83.5 Å². The van der Waals surface area contributed by atoms with Crippen LogP contribution >= 0.6 is 0 Å². The molecule has 5 nitrogen and oxygen atoms in total. The Labute approximate surface area is 142 Å². The molecule has 0 heterocycles. The molecule has 0 bridgehead atoms. The minimum Gasteiger partial charge on any atom is -0.478 e. The number of carboxylic acids is 1. The van der Waals surface area contributed by atoms with Crippen LogP contribution in [-0.4, -0.2) is 25.2 Å². The highest BCUT2D eigenvalue weighted by Crippen LogP contribution is 2.19. The summed E-state index contributed by atoms with van der Waals surface area (Å²) in [5.74, 6) is -0.893. The summed E-state index contributed by atoms with van der Waals surface area (Å²) in [4.78, 5) is 10.8. The number of nitrogens with one attached hydrogen (secondary N) is 1. The summed E-state index contributed by atoms with van der Waals surface area (Å²) in [5, 5.41) is 8.89. The Balaban J connectivity index is 1.98. The molecule has 128 valence electrons. The first kappa shape index (κ1) is 18.0. The monoisotopic (exact) mass is 347 g/mol. The second kappa shape index (κ2) is 7.97. The molecule has 0 aliphatic heterocycles. The Bertz CT molecular complexity index is 798. The van der Waals surface area contributed by atoms with Crippen LogP contribution < -0.4 is 4.72 Å². The van der Waals surface area contributed by atoms with Gasteiger partial charge in [0, 0.05) is 0 Å². The predicted octanol–water partition coefficient (Wildman–Crippen LogP) is 3.32. The van der Waals surface area contributed by atoms with Crippen molar-refractivity contribution in [2.75, 3.05) is 10.5 Å². The average molecular weight is 347 g/mol. The van der Waals surface area contributed by atoms with Gasteiger partial charge in [0.15, 0.2) is 0 Å². The molecule has 0 atom stereocenters. The van der Waals surface area contributed by atoms with E-state index < -0.39 is 16.0 Å². The van der Waals surface area contributed by atoms with Crippen molar-refractivity contribution >= 4 is 21.7 Å². The minimum absolute atomic E-state index is 0.0389. The van der Waals surface area contributed by atoms with Crippen molar-refractivity contribution in [3.8, 4) is 0 Å². The zero-order chi connectivity index (χ0) is 17.6. The number of carbonyl (C=O) groups is 1. The zero-order valence-electron chi connectivity index (χ0n) is 13.5. The van der Waals surface area contributed by atoms with Crippen molar-refractivity contribution in [2.45, 2.75) is 26.2 Å². The van der Waals surface area contributed by atoms with Crippen molar-refractivity contribution < 1.29 is 18.3 Å². The van der Waals surface area contributed by atoms with Gasteiger partial charge in [0.25, 0.3) is 0 Å². The lowest BCUT2D eigenvalue weighted by atomic mass is 10.0. The molecule has 2 rings (SSSR count). The Kier molecular flexibility index (Phi) is 5.98. The third-order valence-corrected chi connectivity index (χ3v) is 5.07. The summed E-state index contributed by atoms with van der Waals surface area (Å²) in [6, 6.07) is 14.2. The van der Waals surface area contributed by atoms with Gasteiger partial charge in [0.1, 0.15) is 0 Å². The summed E-state index contributed by atoms with van der Waals surface area (Å²) >= 11 is 0. The quantitative estimate of drug-likeness (QED) is 0.767. The van der Waals surface area contributed by atoms with Crippen LogP contribution in [0.2, 0.25) is 0 Å². The number of hydrogen-bond acceptors (Lipinski definition) is 3. The standard InChI is InChI=1S/C18H21NO4S/c1-2-24(22,23)19-17-9-4-3-7-15(17)8-5-6-14-10-12-16(13-11-14)18(20)21/h3-4,7,9-13,19H,2,5-6,8H2,1H3,(H,20,21). The number of para-hydroxylation sites is 1. The Hall–Kier alpha value is -2.34. The molecule has 0 unspecified atom stereocenters. The van der Waals surface area contributed by atoms with Crippen LogP contribution in [0.3, 0.4) is 0 Å². The van der Waals surface area contributed by atoms with Gasteiger partial charge in [0.2, 0.25) is 10.0 Å². The largest absolute Gasteiger partial charge is 0.478 e. The molecule has 0 amide bonds. The lowest BCUT2D eigenvalue weighted by Crippen LogP contribution is -2.15. The van der Waals surface area contributed by atoms with E-state index in [-0.39, 0.29) is 11.3 Å². The fourth-order valence-electron chi connectivity index (χ4n) is 2.37. The molecule has 0 aliphatic rings. The van der Waals surface area contributed by atoms with Gasteiger partial charge in [-0.05, 0) is 55.5 Å². The Morgan fingerprint density at radius 1 is 1.04 bits per heavy atom. The first-order valence-electron chi connectivity index (χ1n) is 7.82. The summed E-state index contributed by atoms with van der Waals surface area (Å²) in [7, 11) is -3.29. The maximum Gasteiger partial charge on any atom is 0.335 e. The van der Waals surface area contributed by atoms with Crippen molar-refractivity contribution in [3.63, 3.8) is 0 Å². The molecular weight excluding hydrogens is 326 g/mol. The molecule has 0 saturated heterocycles. The van der Waals surface area contributed by atoms with Crippen molar-refractivity contribution in [1.82, 2.24) is 0 Å². The zero-order valence-corrected chi connectivity index (χ0v) is 14.3. The summed E-state index contributed by atoms with van der Waals surface area (Å²) in [5.41, 5.74) is 2.92. The molecule has 0 aromatic heterocycles. The number of carboxylic acid groups (broad SMARTS) is 1. The van der Waals surface area contributed by atoms with Crippen LogP contribution in [0.1, 0.15) is 34.8 Å². The first-order chi connectivity index (χ1) is 11.4. The van der Waals surface area contributed by atoms with Gasteiger partial charge in [0.05, 0.1) is 17.0 Å². The van der Waals surface area contributed by atoms with E-state index >= 15 is 0 Å². The number of anilines is 1. The third-order valence-electron chi connectivity index (χ3n) is 3.78. The lowest BCUT2D eigenvalue weighted by Gasteiger charge is -2.11. The van der Waals surface area contributed by atoms with E-state index in [1.807, 2.05) is 30.3 Å². The molecule has 0 aliphatic carbocycles. The van der Waals surface area contributed by atoms with E-state index in [9.17, 15) is 13.2 Å². The number of benzene rings is 2. The van der Waals surface area contributed by atoms with Gasteiger partial charge < -0.3 is 5.11 Å². The molecule has 2 aromatic rings. The number of rotatable bonds is 8. The first-order valence-corrected chi connectivity index (χ1v) is 9.47. The molecule has 0 fully saturated rings. The smallest absolute Gasteiger partial charge is 0.335 e. The average Bonchev–Trinajstić information content (AvgIpc) is 2.56. The maximum absolute atomic E-state index is 11.7. The van der Waals surface area contributed by atoms with E-state index in [1.165, 1.54) is 0 Å². The molecule has 24 heavy (non-hydrogen) atoms. The summed E-state index contributed by atoms with van der Waals surface area (Å²) < 4.78 is 26.1. The second-order valence-corrected chi connectivity index (χ2v) is 7.53. The van der Waals surface area contributed by atoms with Gasteiger partial charge in [-0.3, -0.25) is 4.72 Å². The van der Waals surface area contributed by atoms with Crippen LogP contribution in [-0.2, 0) is 22.9 Å². The fourth-order valence-corrected chi connectivity index (χ4v) is 3.05. The minimum atomic E-state index is -3.29. The van der Waals surface area contributed by atoms with Gasteiger partial charge in [-0.2, -0.15) is 0 Å². The van der Waals surface area contributed by atoms with Gasteiger partial charge in [-0.15, -0.1) is 0 Å². The van der Waals surface area contributed by atoms with Gasteiger partial charge in [-0.1, -0.05) is 30.3 Å². The SMILES string of the molecule is CCS(=O)(=O)Nc1ccccc1CCCc1ccc(C(=O)O)cc1. The van der Waals surface area contributed by atoms with Crippen LogP contribution in [0.4, 0.5) is 5.69 Å².